The van der Waals surface area contributed by atoms with Crippen LogP contribution < -0.4 is 0 Å². The number of carbonyl (C=O) groups excluding carboxylic acids is 1. The number of hydrogen-bond donors (Lipinski definition) is 0. The number of esters is 1. The highest BCUT2D eigenvalue weighted by Gasteiger charge is 2.16. The lowest BCUT2D eigenvalue weighted by atomic mass is 9.90. The van der Waals surface area contributed by atoms with Gasteiger partial charge in [0.05, 0.1) is 12.7 Å². The predicted octanol–water partition coefficient (Wildman–Crippen LogP) is 4.46. The van der Waals surface area contributed by atoms with E-state index in [2.05, 4.69) is 44.2 Å². The zero-order valence-electron chi connectivity index (χ0n) is 13.6. The van der Waals surface area contributed by atoms with Gasteiger partial charge in [0.1, 0.15) is 0 Å². The highest BCUT2D eigenvalue weighted by Crippen LogP contribution is 2.21. The molecule has 0 spiro atoms. The van der Waals surface area contributed by atoms with Gasteiger partial charge in [-0.15, -0.1) is 0 Å². The molecule has 0 bridgehead atoms. The standard InChI is InChI=1S/C20H24O2/c1-15(2)14-19-17(10-7-11-18(19)20(21)22-3)13-12-16-8-5-4-6-9-16/h4-11,15H,12-14H2,1-3H3. The van der Waals surface area contributed by atoms with Gasteiger partial charge in [-0.05, 0) is 47.9 Å². The van der Waals surface area contributed by atoms with Crippen LogP contribution in [-0.2, 0) is 24.0 Å². The second kappa shape index (κ2) is 7.79. The summed E-state index contributed by atoms with van der Waals surface area (Å²) in [7, 11) is 1.44. The summed E-state index contributed by atoms with van der Waals surface area (Å²) in [5.41, 5.74) is 4.42. The summed E-state index contributed by atoms with van der Waals surface area (Å²) in [6.07, 6.45) is 2.82. The monoisotopic (exact) mass is 296 g/mol. The number of benzene rings is 2. The van der Waals surface area contributed by atoms with Gasteiger partial charge in [-0.3, -0.25) is 0 Å². The summed E-state index contributed by atoms with van der Waals surface area (Å²) < 4.78 is 4.94. The highest BCUT2D eigenvalue weighted by molar-refractivity contribution is 5.91. The van der Waals surface area contributed by atoms with E-state index in [1.165, 1.54) is 18.2 Å². The van der Waals surface area contributed by atoms with Crippen molar-refractivity contribution in [1.29, 1.82) is 0 Å². The number of ether oxygens (including phenoxy) is 1. The molecule has 2 nitrogen and oxygen atoms in total. The van der Waals surface area contributed by atoms with Crippen LogP contribution in [0, 0.1) is 5.92 Å². The van der Waals surface area contributed by atoms with Gasteiger partial charge in [-0.1, -0.05) is 56.3 Å². The fourth-order valence-corrected chi connectivity index (χ4v) is 2.74. The SMILES string of the molecule is COC(=O)c1cccc(CCc2ccccc2)c1CC(C)C. The molecule has 2 rings (SSSR count). The van der Waals surface area contributed by atoms with Crippen LogP contribution >= 0.6 is 0 Å². The third kappa shape index (κ3) is 4.20. The second-order valence-corrected chi connectivity index (χ2v) is 6.02. The highest BCUT2D eigenvalue weighted by atomic mass is 16.5. The summed E-state index contributed by atoms with van der Waals surface area (Å²) in [4.78, 5) is 12.0. The average Bonchev–Trinajstić information content (AvgIpc) is 2.53. The van der Waals surface area contributed by atoms with Crippen molar-refractivity contribution >= 4 is 5.97 Å². The summed E-state index contributed by atoms with van der Waals surface area (Å²) in [5.74, 6) is 0.262. The molecule has 0 aliphatic heterocycles. The summed E-state index contributed by atoms with van der Waals surface area (Å²) in [6, 6.07) is 16.4. The lowest BCUT2D eigenvalue weighted by Gasteiger charge is -2.15. The Labute approximate surface area is 133 Å². The molecule has 0 aromatic heterocycles. The Morgan fingerprint density at radius 3 is 2.36 bits per heavy atom. The van der Waals surface area contributed by atoms with Crippen LogP contribution in [0.15, 0.2) is 48.5 Å². The smallest absolute Gasteiger partial charge is 0.338 e. The van der Waals surface area contributed by atoms with E-state index >= 15 is 0 Å². The van der Waals surface area contributed by atoms with Crippen LogP contribution in [-0.4, -0.2) is 13.1 Å². The number of rotatable bonds is 6. The zero-order chi connectivity index (χ0) is 15.9. The molecule has 2 heteroatoms. The van der Waals surface area contributed by atoms with Gasteiger partial charge < -0.3 is 4.74 Å². The Balaban J connectivity index is 2.27. The van der Waals surface area contributed by atoms with E-state index in [0.717, 1.165) is 24.8 Å². The maximum absolute atomic E-state index is 12.0. The summed E-state index contributed by atoms with van der Waals surface area (Å²) >= 11 is 0. The van der Waals surface area contributed by atoms with Gasteiger partial charge >= 0.3 is 5.97 Å². The molecule has 0 N–H and O–H groups in total. The zero-order valence-corrected chi connectivity index (χ0v) is 13.6. The van der Waals surface area contributed by atoms with E-state index in [1.54, 1.807) is 0 Å². The lowest BCUT2D eigenvalue weighted by Crippen LogP contribution is -2.11. The van der Waals surface area contributed by atoms with Crippen molar-refractivity contribution in [2.24, 2.45) is 5.92 Å². The first-order chi connectivity index (χ1) is 10.6. The molecule has 0 saturated carbocycles. The Morgan fingerprint density at radius 1 is 1.00 bits per heavy atom. The van der Waals surface area contributed by atoms with E-state index in [0.29, 0.717) is 11.5 Å². The fourth-order valence-electron chi connectivity index (χ4n) is 2.74. The van der Waals surface area contributed by atoms with E-state index in [4.69, 9.17) is 4.74 Å². The molecule has 0 amide bonds. The lowest BCUT2D eigenvalue weighted by molar-refractivity contribution is 0.0599. The Hall–Kier alpha value is -2.09. The van der Waals surface area contributed by atoms with Crippen LogP contribution in [0.5, 0.6) is 0 Å². The minimum absolute atomic E-state index is 0.239. The first-order valence-corrected chi connectivity index (χ1v) is 7.84. The molecule has 0 aliphatic carbocycles. The minimum Gasteiger partial charge on any atom is -0.465 e. The van der Waals surface area contributed by atoms with Crippen LogP contribution in [0.4, 0.5) is 0 Å². The van der Waals surface area contributed by atoms with Gasteiger partial charge in [0.15, 0.2) is 0 Å². The topological polar surface area (TPSA) is 26.3 Å². The third-order valence-electron chi connectivity index (χ3n) is 3.82. The normalized spacial score (nSPS) is 10.7. The van der Waals surface area contributed by atoms with Gasteiger partial charge in [0.25, 0.3) is 0 Å². The van der Waals surface area contributed by atoms with E-state index in [1.807, 2.05) is 18.2 Å². The number of carbonyl (C=O) groups is 1. The molecule has 116 valence electrons. The number of hydrogen-bond acceptors (Lipinski definition) is 2. The van der Waals surface area contributed by atoms with E-state index in [-0.39, 0.29) is 5.97 Å². The van der Waals surface area contributed by atoms with E-state index < -0.39 is 0 Å². The molecule has 0 unspecified atom stereocenters. The van der Waals surface area contributed by atoms with Crippen molar-refractivity contribution in [1.82, 2.24) is 0 Å². The molecule has 0 fully saturated rings. The van der Waals surface area contributed by atoms with Crippen molar-refractivity contribution in [3.05, 3.63) is 70.8 Å². The van der Waals surface area contributed by atoms with Crippen molar-refractivity contribution < 1.29 is 9.53 Å². The maximum atomic E-state index is 12.0. The third-order valence-corrected chi connectivity index (χ3v) is 3.82. The van der Waals surface area contributed by atoms with Crippen molar-refractivity contribution in [3.8, 4) is 0 Å². The van der Waals surface area contributed by atoms with Crippen LogP contribution in [0.2, 0.25) is 0 Å². The molecule has 0 atom stereocenters. The van der Waals surface area contributed by atoms with Crippen molar-refractivity contribution in [2.75, 3.05) is 7.11 Å². The number of aryl methyl sites for hydroxylation is 2. The molecule has 2 aromatic rings. The maximum Gasteiger partial charge on any atom is 0.338 e. The van der Waals surface area contributed by atoms with Crippen molar-refractivity contribution in [3.63, 3.8) is 0 Å². The Kier molecular flexibility index (Phi) is 5.76. The summed E-state index contributed by atoms with van der Waals surface area (Å²) in [5, 5.41) is 0. The van der Waals surface area contributed by atoms with Gasteiger partial charge in [0.2, 0.25) is 0 Å². The van der Waals surface area contributed by atoms with Crippen LogP contribution in [0.25, 0.3) is 0 Å². The molecule has 0 radical (unpaired) electrons. The molecule has 2 aromatic carbocycles. The first kappa shape index (κ1) is 16.3. The molecule has 22 heavy (non-hydrogen) atoms. The largest absolute Gasteiger partial charge is 0.465 e. The minimum atomic E-state index is -0.239. The Bertz CT molecular complexity index is 615. The van der Waals surface area contributed by atoms with Crippen LogP contribution in [0.1, 0.15) is 40.9 Å². The van der Waals surface area contributed by atoms with Crippen molar-refractivity contribution in [2.45, 2.75) is 33.1 Å². The Morgan fingerprint density at radius 2 is 1.73 bits per heavy atom. The molecule has 0 heterocycles. The molecular formula is C20H24O2. The second-order valence-electron chi connectivity index (χ2n) is 6.02. The van der Waals surface area contributed by atoms with Gasteiger partial charge in [-0.2, -0.15) is 0 Å². The molecular weight excluding hydrogens is 272 g/mol. The first-order valence-electron chi connectivity index (χ1n) is 7.84. The fraction of sp³-hybridized carbons (Fsp3) is 0.350. The van der Waals surface area contributed by atoms with E-state index in [9.17, 15) is 4.79 Å². The molecule has 0 aliphatic rings. The van der Waals surface area contributed by atoms with Gasteiger partial charge in [0, 0.05) is 0 Å². The molecule has 0 saturated heterocycles. The van der Waals surface area contributed by atoms with Gasteiger partial charge in [-0.25, -0.2) is 4.79 Å². The number of methoxy groups -OCH3 is 1. The van der Waals surface area contributed by atoms with Crippen LogP contribution in [0.3, 0.4) is 0 Å². The summed E-state index contributed by atoms with van der Waals surface area (Å²) in [6.45, 7) is 4.35. The average molecular weight is 296 g/mol. The predicted molar refractivity (Wildman–Crippen MR) is 90.2 cm³/mol. The quantitative estimate of drug-likeness (QED) is 0.736.